The number of carbonyl (C=O) groups excluding carboxylic acids is 1. The summed E-state index contributed by atoms with van der Waals surface area (Å²) in [6.45, 7) is 5.94. The van der Waals surface area contributed by atoms with E-state index in [1.807, 2.05) is 20.8 Å². The van der Waals surface area contributed by atoms with Gasteiger partial charge in [-0.15, -0.1) is 11.3 Å². The molecule has 2 heterocycles. The van der Waals surface area contributed by atoms with E-state index in [-0.39, 0.29) is 28.8 Å². The number of aromatic nitrogens is 2. The number of amides is 1. The topological polar surface area (TPSA) is 46.9 Å². The maximum Gasteiger partial charge on any atom is 0.255 e. The number of thiophene rings is 1. The van der Waals surface area contributed by atoms with Crippen LogP contribution < -0.4 is 5.32 Å². The Bertz CT molecular complexity index is 977. The molecular weight excluding hydrogens is 356 g/mol. The average molecular weight is 375 g/mol. The molecule has 136 valence electrons. The minimum atomic E-state index is -0.755. The van der Waals surface area contributed by atoms with Crippen molar-refractivity contribution in [1.29, 1.82) is 0 Å². The third-order valence-corrected chi connectivity index (χ3v) is 5.13. The summed E-state index contributed by atoms with van der Waals surface area (Å²) in [5.41, 5.74) is 1.58. The summed E-state index contributed by atoms with van der Waals surface area (Å²) >= 11 is 1.68. The van der Waals surface area contributed by atoms with Crippen molar-refractivity contribution < 1.29 is 13.6 Å². The monoisotopic (exact) mass is 375 g/mol. The Kier molecular flexibility index (Phi) is 4.91. The maximum absolute atomic E-state index is 14.2. The highest BCUT2D eigenvalue weighted by atomic mass is 32.1. The van der Waals surface area contributed by atoms with Gasteiger partial charge < -0.3 is 5.32 Å². The summed E-state index contributed by atoms with van der Waals surface area (Å²) in [6, 6.07) is 5.08. The van der Waals surface area contributed by atoms with Crippen LogP contribution in [0, 0.1) is 25.5 Å². The van der Waals surface area contributed by atoms with Crippen LogP contribution in [0.2, 0.25) is 0 Å². The van der Waals surface area contributed by atoms with Crippen LogP contribution in [-0.2, 0) is 7.05 Å². The SMILES string of the molecule is Cc1cc(C(C)NC(=O)c2cn(C)nc2-c2ccc(F)cc2F)c(C)s1. The maximum atomic E-state index is 14.2. The first kappa shape index (κ1) is 18.3. The van der Waals surface area contributed by atoms with Gasteiger partial charge in [-0.05, 0) is 44.5 Å². The van der Waals surface area contributed by atoms with E-state index in [0.29, 0.717) is 0 Å². The van der Waals surface area contributed by atoms with E-state index in [9.17, 15) is 13.6 Å². The molecule has 0 fully saturated rings. The summed E-state index contributed by atoms with van der Waals surface area (Å²) in [5.74, 6) is -1.78. The standard InChI is InChI=1S/C19H19F2N3OS/c1-10-7-15(12(3)26-10)11(2)22-19(25)16-9-24(4)23-18(16)14-6-5-13(20)8-17(14)21/h5-9,11H,1-4H3,(H,22,25). The minimum Gasteiger partial charge on any atom is -0.345 e. The van der Waals surface area contributed by atoms with Crippen LogP contribution in [0.1, 0.15) is 38.6 Å². The molecule has 1 atom stereocenters. The zero-order valence-corrected chi connectivity index (χ0v) is 15.7. The van der Waals surface area contributed by atoms with E-state index in [1.54, 1.807) is 18.4 Å². The molecule has 0 radical (unpaired) electrons. The van der Waals surface area contributed by atoms with Crippen molar-refractivity contribution in [3.63, 3.8) is 0 Å². The van der Waals surface area contributed by atoms with Crippen LogP contribution in [0.5, 0.6) is 0 Å². The van der Waals surface area contributed by atoms with Gasteiger partial charge in [0.2, 0.25) is 0 Å². The highest BCUT2D eigenvalue weighted by Crippen LogP contribution is 2.28. The van der Waals surface area contributed by atoms with Crippen LogP contribution in [0.25, 0.3) is 11.3 Å². The van der Waals surface area contributed by atoms with E-state index >= 15 is 0 Å². The van der Waals surface area contributed by atoms with Gasteiger partial charge in [0.25, 0.3) is 5.91 Å². The van der Waals surface area contributed by atoms with Crippen LogP contribution in [-0.4, -0.2) is 15.7 Å². The molecule has 4 nitrogen and oxygen atoms in total. The zero-order valence-electron chi connectivity index (χ0n) is 14.9. The first-order chi connectivity index (χ1) is 12.3. The molecule has 7 heteroatoms. The van der Waals surface area contributed by atoms with E-state index in [0.717, 1.165) is 22.6 Å². The molecule has 26 heavy (non-hydrogen) atoms. The van der Waals surface area contributed by atoms with Crippen molar-refractivity contribution in [2.75, 3.05) is 0 Å². The van der Waals surface area contributed by atoms with Gasteiger partial charge in [0.1, 0.15) is 17.3 Å². The van der Waals surface area contributed by atoms with E-state index in [4.69, 9.17) is 0 Å². The van der Waals surface area contributed by atoms with Crippen molar-refractivity contribution in [2.45, 2.75) is 26.8 Å². The molecule has 3 rings (SSSR count). The highest BCUT2D eigenvalue weighted by Gasteiger charge is 2.22. The van der Waals surface area contributed by atoms with Gasteiger partial charge in [-0.25, -0.2) is 8.78 Å². The number of hydrogen-bond donors (Lipinski definition) is 1. The molecule has 1 aromatic carbocycles. The second-order valence-corrected chi connectivity index (χ2v) is 7.71. The molecule has 0 spiro atoms. The van der Waals surface area contributed by atoms with Gasteiger partial charge >= 0.3 is 0 Å². The lowest BCUT2D eigenvalue weighted by atomic mass is 10.1. The molecule has 2 aromatic heterocycles. The lowest BCUT2D eigenvalue weighted by Gasteiger charge is -2.14. The third kappa shape index (κ3) is 3.53. The van der Waals surface area contributed by atoms with Crippen LogP contribution in [0.15, 0.2) is 30.5 Å². The van der Waals surface area contributed by atoms with E-state index < -0.39 is 11.6 Å². The van der Waals surface area contributed by atoms with Crippen molar-refractivity contribution in [3.05, 3.63) is 63.0 Å². The summed E-state index contributed by atoms with van der Waals surface area (Å²) in [5, 5.41) is 7.13. The average Bonchev–Trinajstić information content (AvgIpc) is 3.09. The number of halogens is 2. The predicted molar refractivity (Wildman–Crippen MR) is 98.2 cm³/mol. The Morgan fingerprint density at radius 3 is 2.62 bits per heavy atom. The Morgan fingerprint density at radius 1 is 1.27 bits per heavy atom. The Labute approximate surface area is 154 Å². The smallest absolute Gasteiger partial charge is 0.255 e. The first-order valence-electron chi connectivity index (χ1n) is 8.13. The van der Waals surface area contributed by atoms with Gasteiger partial charge in [-0.2, -0.15) is 5.10 Å². The molecule has 3 aromatic rings. The fourth-order valence-electron chi connectivity index (χ4n) is 2.97. The normalized spacial score (nSPS) is 12.2. The molecule has 0 saturated heterocycles. The molecule has 0 bridgehead atoms. The number of aryl methyl sites for hydroxylation is 3. The van der Waals surface area contributed by atoms with Gasteiger partial charge in [0.15, 0.2) is 0 Å². The van der Waals surface area contributed by atoms with Crippen LogP contribution in [0.3, 0.4) is 0 Å². The summed E-state index contributed by atoms with van der Waals surface area (Å²) in [7, 11) is 1.65. The van der Waals surface area contributed by atoms with Gasteiger partial charge in [-0.3, -0.25) is 9.48 Å². The van der Waals surface area contributed by atoms with Gasteiger partial charge in [0, 0.05) is 34.6 Å². The Balaban J connectivity index is 1.92. The minimum absolute atomic E-state index is 0.0901. The van der Waals surface area contributed by atoms with Gasteiger partial charge in [0.05, 0.1) is 11.6 Å². The lowest BCUT2D eigenvalue weighted by Crippen LogP contribution is -2.27. The number of carbonyl (C=O) groups is 1. The highest BCUT2D eigenvalue weighted by molar-refractivity contribution is 7.12. The molecule has 0 aliphatic heterocycles. The molecule has 1 amide bonds. The molecule has 0 saturated carbocycles. The quantitative estimate of drug-likeness (QED) is 0.728. The number of nitrogens with zero attached hydrogens (tertiary/aromatic N) is 2. The van der Waals surface area contributed by atoms with Crippen molar-refractivity contribution in [2.24, 2.45) is 7.05 Å². The third-order valence-electron chi connectivity index (χ3n) is 4.15. The second-order valence-electron chi connectivity index (χ2n) is 6.25. The summed E-state index contributed by atoms with van der Waals surface area (Å²) in [6.07, 6.45) is 1.53. The molecular formula is C19H19F2N3OS. The number of hydrogen-bond acceptors (Lipinski definition) is 3. The van der Waals surface area contributed by atoms with Crippen molar-refractivity contribution >= 4 is 17.2 Å². The largest absolute Gasteiger partial charge is 0.345 e. The Morgan fingerprint density at radius 2 is 2.00 bits per heavy atom. The van der Waals surface area contributed by atoms with E-state index in [1.165, 1.54) is 21.8 Å². The number of rotatable bonds is 4. The second kappa shape index (κ2) is 6.99. The first-order valence-corrected chi connectivity index (χ1v) is 8.94. The number of nitrogens with one attached hydrogen (secondary N) is 1. The summed E-state index contributed by atoms with van der Waals surface area (Å²) < 4.78 is 28.8. The van der Waals surface area contributed by atoms with Crippen LogP contribution >= 0.6 is 11.3 Å². The van der Waals surface area contributed by atoms with Crippen molar-refractivity contribution in [3.8, 4) is 11.3 Å². The van der Waals surface area contributed by atoms with Crippen LogP contribution in [0.4, 0.5) is 8.78 Å². The fraction of sp³-hybridized carbons (Fsp3) is 0.263. The van der Waals surface area contributed by atoms with Crippen molar-refractivity contribution in [1.82, 2.24) is 15.1 Å². The molecule has 1 N–H and O–H groups in total. The molecule has 1 unspecified atom stereocenters. The lowest BCUT2D eigenvalue weighted by molar-refractivity contribution is 0.0940. The molecule has 0 aliphatic carbocycles. The number of benzene rings is 1. The molecule has 0 aliphatic rings. The summed E-state index contributed by atoms with van der Waals surface area (Å²) in [4.78, 5) is 15.1. The Hall–Kier alpha value is -2.54. The fourth-order valence-corrected chi connectivity index (χ4v) is 3.99. The zero-order chi connectivity index (χ0) is 19.0. The van der Waals surface area contributed by atoms with Gasteiger partial charge in [-0.1, -0.05) is 0 Å². The predicted octanol–water partition coefficient (Wildman–Crippen LogP) is 4.53. The van der Waals surface area contributed by atoms with E-state index in [2.05, 4.69) is 16.5 Å².